The molecule has 0 saturated carbocycles. The Bertz CT molecular complexity index is 368. The largest absolute Gasteiger partial charge is 0.488 e. The Labute approximate surface area is 92.0 Å². The third kappa shape index (κ3) is 4.66. The Morgan fingerprint density at radius 1 is 1.40 bits per heavy atom. The molecule has 1 nitrogen and oxygen atoms in total. The highest BCUT2D eigenvalue weighted by Crippen LogP contribution is 2.13. The van der Waals surface area contributed by atoms with Crippen LogP contribution in [-0.2, 0) is 0 Å². The molecule has 0 heterocycles. The minimum Gasteiger partial charge on any atom is -0.488 e. The fourth-order valence-electron chi connectivity index (χ4n) is 0.958. The van der Waals surface area contributed by atoms with Crippen molar-refractivity contribution in [3.63, 3.8) is 0 Å². The van der Waals surface area contributed by atoms with Crippen molar-refractivity contribution >= 4 is 11.6 Å². The molecule has 0 atom stereocenters. The molecule has 0 saturated heterocycles. The SMILES string of the molecule is FC(F)COc1cccc(C#CCCl)c1. The summed E-state index contributed by atoms with van der Waals surface area (Å²) >= 11 is 5.39. The van der Waals surface area contributed by atoms with Gasteiger partial charge in [0.2, 0.25) is 0 Å². The molecule has 1 aromatic rings. The second kappa shape index (κ2) is 6.26. The molecule has 0 bridgehead atoms. The van der Waals surface area contributed by atoms with Gasteiger partial charge in [-0.15, -0.1) is 11.6 Å². The molecular formula is C11H9ClF2O. The van der Waals surface area contributed by atoms with Gasteiger partial charge in [-0.25, -0.2) is 8.78 Å². The summed E-state index contributed by atoms with van der Waals surface area (Å²) in [6, 6.07) is 6.66. The van der Waals surface area contributed by atoms with E-state index in [1.165, 1.54) is 0 Å². The molecule has 1 rings (SSSR count). The van der Waals surface area contributed by atoms with E-state index in [4.69, 9.17) is 16.3 Å². The maximum Gasteiger partial charge on any atom is 0.272 e. The standard InChI is InChI=1S/C11H9ClF2O/c12-6-2-4-9-3-1-5-10(7-9)15-8-11(13)14/h1,3,5,7,11H,6,8H2. The van der Waals surface area contributed by atoms with Crippen LogP contribution in [0.15, 0.2) is 24.3 Å². The van der Waals surface area contributed by atoms with E-state index in [2.05, 4.69) is 11.8 Å². The number of benzene rings is 1. The lowest BCUT2D eigenvalue weighted by Gasteiger charge is -2.04. The van der Waals surface area contributed by atoms with Gasteiger partial charge in [0.25, 0.3) is 6.43 Å². The molecule has 0 aliphatic heterocycles. The normalized spacial score (nSPS) is 9.60. The van der Waals surface area contributed by atoms with Crippen LogP contribution in [0.1, 0.15) is 5.56 Å². The van der Waals surface area contributed by atoms with E-state index < -0.39 is 13.0 Å². The predicted molar refractivity (Wildman–Crippen MR) is 55.5 cm³/mol. The van der Waals surface area contributed by atoms with E-state index in [1.54, 1.807) is 24.3 Å². The van der Waals surface area contributed by atoms with Crippen molar-refractivity contribution < 1.29 is 13.5 Å². The fraction of sp³-hybridized carbons (Fsp3) is 0.273. The molecule has 0 aromatic heterocycles. The third-order valence-corrected chi connectivity index (χ3v) is 1.64. The van der Waals surface area contributed by atoms with Crippen LogP contribution in [0.3, 0.4) is 0 Å². The van der Waals surface area contributed by atoms with Crippen molar-refractivity contribution in [1.82, 2.24) is 0 Å². The molecule has 0 amide bonds. The van der Waals surface area contributed by atoms with Crippen molar-refractivity contribution in [2.24, 2.45) is 0 Å². The van der Waals surface area contributed by atoms with Crippen LogP contribution in [0, 0.1) is 11.8 Å². The van der Waals surface area contributed by atoms with Crippen LogP contribution < -0.4 is 4.74 Å². The minimum atomic E-state index is -2.47. The molecule has 15 heavy (non-hydrogen) atoms. The summed E-state index contributed by atoms with van der Waals surface area (Å²) in [6.45, 7) is -0.605. The first-order valence-electron chi connectivity index (χ1n) is 4.28. The zero-order chi connectivity index (χ0) is 11.1. The average molecular weight is 231 g/mol. The summed E-state index contributed by atoms with van der Waals surface area (Å²) < 4.78 is 28.5. The first kappa shape index (κ1) is 11.8. The summed E-state index contributed by atoms with van der Waals surface area (Å²) in [7, 11) is 0. The second-order valence-corrected chi connectivity index (χ2v) is 2.93. The van der Waals surface area contributed by atoms with Crippen LogP contribution in [0.2, 0.25) is 0 Å². The lowest BCUT2D eigenvalue weighted by molar-refractivity contribution is 0.0819. The molecule has 0 N–H and O–H groups in total. The van der Waals surface area contributed by atoms with E-state index in [1.807, 2.05) is 0 Å². The van der Waals surface area contributed by atoms with Gasteiger partial charge >= 0.3 is 0 Å². The highest BCUT2D eigenvalue weighted by molar-refractivity contribution is 6.19. The van der Waals surface area contributed by atoms with E-state index in [0.29, 0.717) is 11.3 Å². The molecule has 1 aromatic carbocycles. The number of alkyl halides is 3. The molecule has 0 radical (unpaired) electrons. The summed E-state index contributed by atoms with van der Waals surface area (Å²) in [5.41, 5.74) is 0.697. The molecule has 4 heteroatoms. The van der Waals surface area contributed by atoms with Crippen LogP contribution >= 0.6 is 11.6 Å². The highest BCUT2D eigenvalue weighted by atomic mass is 35.5. The van der Waals surface area contributed by atoms with Crippen LogP contribution in [0.4, 0.5) is 8.78 Å². The van der Waals surface area contributed by atoms with Crippen LogP contribution in [0.25, 0.3) is 0 Å². The summed E-state index contributed by atoms with van der Waals surface area (Å²) in [6.07, 6.45) is -2.47. The van der Waals surface area contributed by atoms with Gasteiger partial charge < -0.3 is 4.74 Å². The Balaban J connectivity index is 2.65. The van der Waals surface area contributed by atoms with Gasteiger partial charge in [0.15, 0.2) is 0 Å². The minimum absolute atomic E-state index is 0.238. The van der Waals surface area contributed by atoms with Crippen molar-refractivity contribution in [1.29, 1.82) is 0 Å². The van der Waals surface area contributed by atoms with E-state index in [9.17, 15) is 8.78 Å². The van der Waals surface area contributed by atoms with E-state index in [0.717, 1.165) is 0 Å². The molecule has 80 valence electrons. The lowest BCUT2D eigenvalue weighted by Crippen LogP contribution is -2.06. The zero-order valence-corrected chi connectivity index (χ0v) is 8.60. The number of halogens is 3. The molecule has 0 unspecified atom stereocenters. The Morgan fingerprint density at radius 3 is 2.87 bits per heavy atom. The van der Waals surface area contributed by atoms with Crippen molar-refractivity contribution in [2.75, 3.05) is 12.5 Å². The highest BCUT2D eigenvalue weighted by Gasteiger charge is 2.03. The van der Waals surface area contributed by atoms with Gasteiger partial charge in [0, 0.05) is 5.56 Å². The zero-order valence-electron chi connectivity index (χ0n) is 7.84. The van der Waals surface area contributed by atoms with Gasteiger partial charge in [-0.1, -0.05) is 17.9 Å². The Kier molecular flexibility index (Phi) is 4.92. The second-order valence-electron chi connectivity index (χ2n) is 2.67. The molecule has 0 spiro atoms. The van der Waals surface area contributed by atoms with Crippen LogP contribution in [0.5, 0.6) is 5.75 Å². The molecular weight excluding hydrogens is 222 g/mol. The first-order valence-corrected chi connectivity index (χ1v) is 4.81. The van der Waals surface area contributed by atoms with Gasteiger partial charge in [0.1, 0.15) is 12.4 Å². The van der Waals surface area contributed by atoms with Gasteiger partial charge in [-0.3, -0.25) is 0 Å². The van der Waals surface area contributed by atoms with E-state index in [-0.39, 0.29) is 5.88 Å². The maximum absolute atomic E-state index is 11.9. The lowest BCUT2D eigenvalue weighted by atomic mass is 10.2. The van der Waals surface area contributed by atoms with Gasteiger partial charge in [-0.05, 0) is 18.2 Å². The van der Waals surface area contributed by atoms with Gasteiger partial charge in [0.05, 0.1) is 5.88 Å². The van der Waals surface area contributed by atoms with Gasteiger partial charge in [-0.2, -0.15) is 0 Å². The number of rotatable bonds is 3. The smallest absolute Gasteiger partial charge is 0.272 e. The molecule has 0 aliphatic rings. The molecule has 0 aliphatic carbocycles. The number of hydrogen-bond acceptors (Lipinski definition) is 1. The van der Waals surface area contributed by atoms with Crippen molar-refractivity contribution in [3.8, 4) is 17.6 Å². The van der Waals surface area contributed by atoms with Crippen molar-refractivity contribution in [3.05, 3.63) is 29.8 Å². The first-order chi connectivity index (χ1) is 7.22. The Hall–Kier alpha value is -1.27. The number of ether oxygens (including phenoxy) is 1. The topological polar surface area (TPSA) is 9.23 Å². The summed E-state index contributed by atoms with van der Waals surface area (Å²) in [4.78, 5) is 0. The third-order valence-electron chi connectivity index (χ3n) is 1.51. The van der Waals surface area contributed by atoms with Crippen molar-refractivity contribution in [2.45, 2.75) is 6.43 Å². The summed E-state index contributed by atoms with van der Waals surface area (Å²) in [5, 5.41) is 0. The Morgan fingerprint density at radius 2 is 2.20 bits per heavy atom. The average Bonchev–Trinajstić information content (AvgIpc) is 2.24. The van der Waals surface area contributed by atoms with E-state index >= 15 is 0 Å². The molecule has 0 fully saturated rings. The predicted octanol–water partition coefficient (Wildman–Crippen LogP) is 2.92. The maximum atomic E-state index is 11.9. The summed E-state index contributed by atoms with van der Waals surface area (Å²) in [5.74, 6) is 6.07. The quantitative estimate of drug-likeness (QED) is 0.573. The fourth-order valence-corrected chi connectivity index (χ4v) is 1.03. The monoisotopic (exact) mass is 230 g/mol. The van der Waals surface area contributed by atoms with Crippen LogP contribution in [-0.4, -0.2) is 18.9 Å². The number of hydrogen-bond donors (Lipinski definition) is 0.